The van der Waals surface area contributed by atoms with Crippen LogP contribution in [0.2, 0.25) is 0 Å². The number of nitrogens with zero attached hydrogens (tertiary/aromatic N) is 6. The molecule has 1 aliphatic heterocycles. The number of hydrogen-bond acceptors (Lipinski definition) is 8. The third-order valence-electron chi connectivity index (χ3n) is 7.08. The number of phenols is 1. The van der Waals surface area contributed by atoms with Gasteiger partial charge in [0, 0.05) is 54.5 Å². The molecule has 0 spiro atoms. The molecule has 2 aliphatic rings. The van der Waals surface area contributed by atoms with Crippen LogP contribution in [0.5, 0.6) is 5.75 Å². The van der Waals surface area contributed by atoms with Gasteiger partial charge in [0.25, 0.3) is 0 Å². The smallest absolute Gasteiger partial charge is 0.142 e. The second kappa shape index (κ2) is 8.65. The highest BCUT2D eigenvalue weighted by Crippen LogP contribution is 2.45. The molecule has 1 aromatic carbocycles. The maximum atomic E-state index is 9.86. The zero-order valence-electron chi connectivity index (χ0n) is 19.6. The van der Waals surface area contributed by atoms with E-state index in [4.69, 9.17) is 5.10 Å². The molecule has 176 valence electrons. The van der Waals surface area contributed by atoms with Gasteiger partial charge in [-0.25, -0.2) is 9.97 Å². The number of fused-ring (bicyclic) bond motifs is 5. The summed E-state index contributed by atoms with van der Waals surface area (Å²) in [4.78, 5) is 16.4. The highest BCUT2D eigenvalue weighted by Gasteiger charge is 2.27. The number of benzene rings is 1. The summed E-state index contributed by atoms with van der Waals surface area (Å²) >= 11 is 1.73. The van der Waals surface area contributed by atoms with E-state index in [0.717, 1.165) is 79.4 Å². The first-order valence-electron chi connectivity index (χ1n) is 11.9. The van der Waals surface area contributed by atoms with Crippen LogP contribution in [0.1, 0.15) is 16.8 Å². The fraction of sp³-hybridized carbons (Fsp3) is 0.400. The van der Waals surface area contributed by atoms with E-state index in [1.165, 1.54) is 21.7 Å². The van der Waals surface area contributed by atoms with Crippen LogP contribution in [-0.4, -0.2) is 74.4 Å². The molecule has 1 fully saturated rings. The molecule has 34 heavy (non-hydrogen) atoms. The number of thiophene rings is 1. The molecule has 0 saturated carbocycles. The van der Waals surface area contributed by atoms with Crippen molar-refractivity contribution < 1.29 is 5.11 Å². The van der Waals surface area contributed by atoms with E-state index in [1.807, 2.05) is 25.3 Å². The first-order valence-corrected chi connectivity index (χ1v) is 12.7. The molecule has 6 rings (SSSR count). The molecule has 1 saturated heterocycles. The van der Waals surface area contributed by atoms with Gasteiger partial charge in [0.2, 0.25) is 0 Å². The van der Waals surface area contributed by atoms with Crippen molar-refractivity contribution in [2.45, 2.75) is 26.3 Å². The van der Waals surface area contributed by atoms with E-state index < -0.39 is 0 Å². The Hall–Kier alpha value is -3.01. The fourth-order valence-electron chi connectivity index (χ4n) is 5.02. The Morgan fingerprint density at radius 2 is 1.94 bits per heavy atom. The van der Waals surface area contributed by atoms with E-state index in [-0.39, 0.29) is 0 Å². The highest BCUT2D eigenvalue weighted by atomic mass is 32.1. The number of aromatic hydroxyl groups is 1. The van der Waals surface area contributed by atoms with Crippen LogP contribution in [0.3, 0.4) is 0 Å². The third kappa shape index (κ3) is 3.83. The summed E-state index contributed by atoms with van der Waals surface area (Å²) < 4.78 is 2.21. The topological polar surface area (TPSA) is 82.3 Å². The van der Waals surface area contributed by atoms with Gasteiger partial charge in [-0.15, -0.1) is 11.3 Å². The number of anilines is 2. The Morgan fingerprint density at radius 3 is 2.76 bits per heavy atom. The lowest BCUT2D eigenvalue weighted by atomic mass is 9.95. The van der Waals surface area contributed by atoms with Gasteiger partial charge >= 0.3 is 0 Å². The zero-order valence-corrected chi connectivity index (χ0v) is 20.4. The Bertz CT molecular complexity index is 1350. The first kappa shape index (κ1) is 21.5. The predicted molar refractivity (Wildman–Crippen MR) is 136 cm³/mol. The van der Waals surface area contributed by atoms with Gasteiger partial charge in [0.15, 0.2) is 0 Å². The van der Waals surface area contributed by atoms with Crippen molar-refractivity contribution in [2.24, 2.45) is 0 Å². The van der Waals surface area contributed by atoms with Crippen molar-refractivity contribution in [1.82, 2.24) is 29.5 Å². The fourth-order valence-corrected chi connectivity index (χ4v) is 6.24. The summed E-state index contributed by atoms with van der Waals surface area (Å²) in [5.41, 5.74) is 5.63. The summed E-state index contributed by atoms with van der Waals surface area (Å²) in [7, 11) is 2.20. The molecule has 8 nitrogen and oxygen atoms in total. The number of rotatable bonds is 5. The van der Waals surface area contributed by atoms with E-state index in [0.29, 0.717) is 5.75 Å². The van der Waals surface area contributed by atoms with Crippen molar-refractivity contribution in [2.75, 3.05) is 45.1 Å². The van der Waals surface area contributed by atoms with E-state index in [9.17, 15) is 5.11 Å². The number of aromatic nitrogens is 4. The summed E-state index contributed by atoms with van der Waals surface area (Å²) in [6.45, 7) is 8.43. The largest absolute Gasteiger partial charge is 0.508 e. The minimum atomic E-state index is 0.295. The number of piperazine rings is 1. The van der Waals surface area contributed by atoms with Crippen LogP contribution in [0.4, 0.5) is 11.5 Å². The van der Waals surface area contributed by atoms with Crippen molar-refractivity contribution in [3.05, 3.63) is 47.5 Å². The number of aryl methyl sites for hydroxylation is 2. The maximum Gasteiger partial charge on any atom is 0.142 e. The Kier molecular flexibility index (Phi) is 5.47. The molecule has 0 radical (unpaired) electrons. The van der Waals surface area contributed by atoms with Gasteiger partial charge in [-0.1, -0.05) is 0 Å². The van der Waals surface area contributed by atoms with Gasteiger partial charge in [-0.05, 0) is 56.1 Å². The van der Waals surface area contributed by atoms with E-state index in [2.05, 4.69) is 36.8 Å². The van der Waals surface area contributed by atoms with Gasteiger partial charge < -0.3 is 15.3 Å². The molecule has 9 heteroatoms. The average Bonchev–Trinajstić information content (AvgIpc) is 3.43. The van der Waals surface area contributed by atoms with E-state index in [1.54, 1.807) is 23.7 Å². The first-order chi connectivity index (χ1) is 16.6. The van der Waals surface area contributed by atoms with Crippen LogP contribution in [-0.2, 0) is 19.4 Å². The van der Waals surface area contributed by atoms with Crippen LogP contribution in [0.25, 0.3) is 20.7 Å². The quantitative estimate of drug-likeness (QED) is 0.426. The maximum absolute atomic E-state index is 9.86. The molecule has 0 unspecified atom stereocenters. The van der Waals surface area contributed by atoms with Crippen molar-refractivity contribution in [3.8, 4) is 16.2 Å². The van der Waals surface area contributed by atoms with Crippen LogP contribution in [0.15, 0.2) is 30.7 Å². The molecular weight excluding hydrogens is 446 g/mol. The van der Waals surface area contributed by atoms with Crippen LogP contribution in [0, 0.1) is 6.92 Å². The minimum Gasteiger partial charge on any atom is -0.508 e. The van der Waals surface area contributed by atoms with Crippen molar-refractivity contribution >= 4 is 33.1 Å². The van der Waals surface area contributed by atoms with Gasteiger partial charge in [0.1, 0.15) is 22.7 Å². The molecule has 4 aromatic rings. The predicted octanol–water partition coefficient (Wildman–Crippen LogP) is 3.66. The monoisotopic (exact) mass is 475 g/mol. The van der Waals surface area contributed by atoms with Crippen molar-refractivity contribution in [3.63, 3.8) is 0 Å². The van der Waals surface area contributed by atoms with Gasteiger partial charge in [-0.3, -0.25) is 9.58 Å². The lowest BCUT2D eigenvalue weighted by Gasteiger charge is -2.32. The Balaban J connectivity index is 1.29. The van der Waals surface area contributed by atoms with Crippen LogP contribution >= 0.6 is 11.3 Å². The second-order valence-electron chi connectivity index (χ2n) is 9.31. The average molecular weight is 476 g/mol. The summed E-state index contributed by atoms with van der Waals surface area (Å²) in [6.07, 6.45) is 5.60. The summed E-state index contributed by atoms with van der Waals surface area (Å²) in [5, 5.41) is 19.2. The molecule has 3 aromatic heterocycles. The molecular formula is C25H29N7OS. The number of likely N-dealkylation sites (N-methyl/N-ethyl adjacent to an activating group) is 1. The molecule has 1 aliphatic carbocycles. The Labute approximate surface area is 202 Å². The molecule has 0 atom stereocenters. The molecule has 2 N–H and O–H groups in total. The lowest BCUT2D eigenvalue weighted by Crippen LogP contribution is -2.45. The Morgan fingerprint density at radius 1 is 1.09 bits per heavy atom. The zero-order chi connectivity index (χ0) is 23.2. The third-order valence-corrected chi connectivity index (χ3v) is 8.25. The highest BCUT2D eigenvalue weighted by molar-refractivity contribution is 7.22. The normalized spacial score (nSPS) is 16.5. The van der Waals surface area contributed by atoms with Gasteiger partial charge in [-0.2, -0.15) is 5.10 Å². The second-order valence-corrected chi connectivity index (χ2v) is 10.3. The number of hydrogen-bond donors (Lipinski definition) is 2. The molecule has 0 amide bonds. The van der Waals surface area contributed by atoms with Crippen molar-refractivity contribution in [1.29, 1.82) is 0 Å². The molecule has 4 heterocycles. The number of nitrogens with one attached hydrogen (secondary N) is 1. The SMILES string of the molecule is Cc1cc(Nc2ncnc3sc4c(c23)CCc2c-4cnn2CCN2CCN(C)CC2)ccc1O. The minimum absolute atomic E-state index is 0.295. The summed E-state index contributed by atoms with van der Waals surface area (Å²) in [6, 6.07) is 5.52. The van der Waals surface area contributed by atoms with Crippen LogP contribution < -0.4 is 5.32 Å². The number of phenolic OH excluding ortho intramolecular Hbond substituents is 1. The van der Waals surface area contributed by atoms with Gasteiger partial charge in [0.05, 0.1) is 18.1 Å². The van der Waals surface area contributed by atoms with E-state index >= 15 is 0 Å². The molecule has 0 bridgehead atoms. The summed E-state index contributed by atoms with van der Waals surface area (Å²) in [5.74, 6) is 1.11. The lowest BCUT2D eigenvalue weighted by molar-refractivity contribution is 0.148. The standard InChI is InChI=1S/C25H29N7OS/c1-16-13-17(3-6-21(16)33)29-24-22-18-4-5-20-19(23(18)34-25(22)27-15-26-24)14-28-32(20)12-11-31-9-7-30(2)8-10-31/h3,6,13-15,33H,4-5,7-12H2,1-2H3,(H,26,27,29).